The fourth-order valence-electron chi connectivity index (χ4n) is 3.34. The number of halogens is 1. The summed E-state index contributed by atoms with van der Waals surface area (Å²) in [6.07, 6.45) is 7.05. The van der Waals surface area contributed by atoms with Crippen LogP contribution in [0, 0.1) is 0 Å². The number of carbonyl (C=O) groups is 1. The third-order valence-corrected chi connectivity index (χ3v) is 5.12. The molecule has 1 fully saturated rings. The molecule has 4 rings (SSSR count). The number of benzene rings is 1. The fraction of sp³-hybridized carbons (Fsp3) is 0.227. The van der Waals surface area contributed by atoms with E-state index >= 15 is 0 Å². The number of hydrogen-bond donors (Lipinski definition) is 0. The molecule has 0 atom stereocenters. The Balaban J connectivity index is 1.34. The highest BCUT2D eigenvalue weighted by Gasteiger charge is 2.19. The average molecular weight is 393 g/mol. The molecule has 0 radical (unpaired) electrons. The first-order valence-electron chi connectivity index (χ1n) is 9.32. The number of pyridine rings is 2. The van der Waals surface area contributed by atoms with Gasteiger partial charge in [-0.15, -0.1) is 0 Å². The molecule has 1 amide bonds. The molecule has 3 heterocycles. The highest BCUT2D eigenvalue weighted by molar-refractivity contribution is 6.31. The molecule has 1 aliphatic heterocycles. The van der Waals surface area contributed by atoms with Crippen LogP contribution in [0.5, 0.6) is 0 Å². The molecule has 0 N–H and O–H groups in total. The van der Waals surface area contributed by atoms with Crippen molar-refractivity contribution in [1.29, 1.82) is 0 Å². The molecule has 0 saturated carbocycles. The van der Waals surface area contributed by atoms with Gasteiger partial charge in [0.05, 0.1) is 11.2 Å². The van der Waals surface area contributed by atoms with Crippen LogP contribution < -0.4 is 0 Å². The number of amides is 1. The van der Waals surface area contributed by atoms with Crippen molar-refractivity contribution in [2.75, 3.05) is 26.2 Å². The molecule has 1 saturated heterocycles. The van der Waals surface area contributed by atoms with Gasteiger partial charge in [0.15, 0.2) is 0 Å². The Kier molecular flexibility index (Phi) is 5.65. The maximum Gasteiger partial charge on any atom is 0.246 e. The Morgan fingerprint density at radius 2 is 1.93 bits per heavy atom. The van der Waals surface area contributed by atoms with Gasteiger partial charge in [-0.1, -0.05) is 29.8 Å². The summed E-state index contributed by atoms with van der Waals surface area (Å²) < 4.78 is 0. The second-order valence-corrected chi connectivity index (χ2v) is 7.31. The van der Waals surface area contributed by atoms with E-state index in [1.54, 1.807) is 18.3 Å². The molecule has 1 aliphatic rings. The summed E-state index contributed by atoms with van der Waals surface area (Å²) in [6.45, 7) is 4.05. The van der Waals surface area contributed by atoms with Crippen molar-refractivity contribution in [2.45, 2.75) is 6.54 Å². The monoisotopic (exact) mass is 392 g/mol. The van der Waals surface area contributed by atoms with E-state index in [-0.39, 0.29) is 5.91 Å². The summed E-state index contributed by atoms with van der Waals surface area (Å²) >= 11 is 6.04. The summed E-state index contributed by atoms with van der Waals surface area (Å²) in [7, 11) is 0. The van der Waals surface area contributed by atoms with Gasteiger partial charge in [-0.05, 0) is 35.9 Å². The summed E-state index contributed by atoms with van der Waals surface area (Å²) in [5.74, 6) is 0.0222. The molecule has 142 valence electrons. The Labute approximate surface area is 169 Å². The van der Waals surface area contributed by atoms with Crippen LogP contribution in [-0.2, 0) is 11.3 Å². The summed E-state index contributed by atoms with van der Waals surface area (Å²) in [5.41, 5.74) is 2.77. The quantitative estimate of drug-likeness (QED) is 0.636. The smallest absolute Gasteiger partial charge is 0.246 e. The SMILES string of the molecule is O=C(/C=C/c1ccc2ccc(Cl)cc2n1)N1CCN(Cc2cccnc2)CC1. The molecular formula is C22H21ClN4O. The van der Waals surface area contributed by atoms with Crippen LogP contribution in [0.1, 0.15) is 11.3 Å². The van der Waals surface area contributed by atoms with E-state index in [1.807, 2.05) is 47.5 Å². The van der Waals surface area contributed by atoms with E-state index in [0.717, 1.165) is 49.3 Å². The van der Waals surface area contributed by atoms with Crippen molar-refractivity contribution >= 4 is 34.5 Å². The molecule has 0 unspecified atom stereocenters. The summed E-state index contributed by atoms with van der Waals surface area (Å²) in [5, 5.41) is 1.68. The first-order valence-corrected chi connectivity index (χ1v) is 9.70. The summed E-state index contributed by atoms with van der Waals surface area (Å²) in [4.78, 5) is 25.5. The van der Waals surface area contributed by atoms with E-state index in [4.69, 9.17) is 11.6 Å². The second-order valence-electron chi connectivity index (χ2n) is 6.87. The molecule has 5 nitrogen and oxygen atoms in total. The zero-order chi connectivity index (χ0) is 19.3. The standard InChI is InChI=1S/C22H21ClN4O/c23-19-5-3-18-4-6-20(25-21(18)14-19)7-8-22(28)27-12-10-26(11-13-27)16-17-2-1-9-24-15-17/h1-9,14-15H,10-13,16H2/b8-7+. The summed E-state index contributed by atoms with van der Waals surface area (Å²) in [6, 6.07) is 13.5. The third kappa shape index (κ3) is 4.55. The van der Waals surface area contributed by atoms with Gasteiger partial charge in [0.25, 0.3) is 0 Å². The highest BCUT2D eigenvalue weighted by atomic mass is 35.5. The molecule has 1 aromatic carbocycles. The van der Waals surface area contributed by atoms with Crippen molar-refractivity contribution in [2.24, 2.45) is 0 Å². The van der Waals surface area contributed by atoms with E-state index in [0.29, 0.717) is 5.02 Å². The van der Waals surface area contributed by atoms with Gasteiger partial charge >= 0.3 is 0 Å². The van der Waals surface area contributed by atoms with E-state index in [9.17, 15) is 4.79 Å². The lowest BCUT2D eigenvalue weighted by atomic mass is 10.2. The normalized spacial score (nSPS) is 15.4. The van der Waals surface area contributed by atoms with E-state index in [2.05, 4.69) is 20.9 Å². The van der Waals surface area contributed by atoms with Gasteiger partial charge in [0, 0.05) is 61.6 Å². The van der Waals surface area contributed by atoms with Crippen LogP contribution in [-0.4, -0.2) is 51.9 Å². The van der Waals surface area contributed by atoms with Crippen molar-refractivity contribution in [3.05, 3.63) is 77.2 Å². The number of nitrogens with zero attached hydrogens (tertiary/aromatic N) is 4. The molecule has 0 bridgehead atoms. The number of rotatable bonds is 4. The topological polar surface area (TPSA) is 49.3 Å². The minimum atomic E-state index is 0.0222. The number of hydrogen-bond acceptors (Lipinski definition) is 4. The molecule has 0 spiro atoms. The Bertz CT molecular complexity index is 998. The van der Waals surface area contributed by atoms with Crippen LogP contribution in [0.3, 0.4) is 0 Å². The van der Waals surface area contributed by atoms with Crippen LogP contribution in [0.4, 0.5) is 0 Å². The zero-order valence-corrected chi connectivity index (χ0v) is 16.2. The lowest BCUT2D eigenvalue weighted by molar-refractivity contribution is -0.127. The largest absolute Gasteiger partial charge is 0.337 e. The number of aromatic nitrogens is 2. The van der Waals surface area contributed by atoms with Crippen molar-refractivity contribution in [1.82, 2.24) is 19.8 Å². The molecule has 2 aromatic heterocycles. The van der Waals surface area contributed by atoms with Crippen LogP contribution in [0.25, 0.3) is 17.0 Å². The van der Waals surface area contributed by atoms with E-state index < -0.39 is 0 Å². The van der Waals surface area contributed by atoms with Crippen LogP contribution >= 0.6 is 11.6 Å². The predicted octanol–water partition coefficient (Wildman–Crippen LogP) is 3.64. The third-order valence-electron chi connectivity index (χ3n) is 4.89. The number of fused-ring (bicyclic) bond motifs is 1. The molecule has 6 heteroatoms. The van der Waals surface area contributed by atoms with Gasteiger partial charge < -0.3 is 4.90 Å². The van der Waals surface area contributed by atoms with Gasteiger partial charge in [-0.3, -0.25) is 14.7 Å². The van der Waals surface area contributed by atoms with Gasteiger partial charge in [-0.25, -0.2) is 4.98 Å². The highest BCUT2D eigenvalue weighted by Crippen LogP contribution is 2.18. The van der Waals surface area contributed by atoms with Gasteiger partial charge in [0.2, 0.25) is 5.91 Å². The van der Waals surface area contributed by atoms with Gasteiger partial charge in [-0.2, -0.15) is 0 Å². The lowest BCUT2D eigenvalue weighted by Crippen LogP contribution is -2.47. The van der Waals surface area contributed by atoms with Crippen molar-refractivity contribution < 1.29 is 4.79 Å². The second kappa shape index (κ2) is 8.50. The first-order chi connectivity index (χ1) is 13.7. The van der Waals surface area contributed by atoms with Gasteiger partial charge in [0.1, 0.15) is 0 Å². The molecule has 28 heavy (non-hydrogen) atoms. The molecule has 0 aliphatic carbocycles. The lowest BCUT2D eigenvalue weighted by Gasteiger charge is -2.34. The minimum Gasteiger partial charge on any atom is -0.337 e. The van der Waals surface area contributed by atoms with Crippen LogP contribution in [0.2, 0.25) is 5.02 Å². The van der Waals surface area contributed by atoms with Crippen LogP contribution in [0.15, 0.2) is 60.9 Å². The maximum absolute atomic E-state index is 12.5. The average Bonchev–Trinajstić information content (AvgIpc) is 2.73. The fourth-order valence-corrected chi connectivity index (χ4v) is 3.50. The predicted molar refractivity (Wildman–Crippen MR) is 112 cm³/mol. The van der Waals surface area contributed by atoms with Crippen molar-refractivity contribution in [3.63, 3.8) is 0 Å². The maximum atomic E-state index is 12.5. The van der Waals surface area contributed by atoms with E-state index in [1.165, 1.54) is 5.56 Å². The minimum absolute atomic E-state index is 0.0222. The number of carbonyl (C=O) groups excluding carboxylic acids is 1. The Morgan fingerprint density at radius 3 is 2.71 bits per heavy atom. The number of piperazine rings is 1. The molecule has 3 aromatic rings. The molecular weight excluding hydrogens is 372 g/mol. The first kappa shape index (κ1) is 18.6. The Morgan fingerprint density at radius 1 is 1.11 bits per heavy atom. The zero-order valence-electron chi connectivity index (χ0n) is 15.5. The Hall–Kier alpha value is -2.76. The van der Waals surface area contributed by atoms with Crippen molar-refractivity contribution in [3.8, 4) is 0 Å².